The van der Waals surface area contributed by atoms with E-state index >= 15 is 0 Å². The lowest BCUT2D eigenvalue weighted by molar-refractivity contribution is -0.115. The molecule has 2 rings (SSSR count). The van der Waals surface area contributed by atoms with Crippen molar-refractivity contribution in [2.45, 2.75) is 20.3 Å². The molecular weight excluding hydrogens is 188 g/mol. The van der Waals surface area contributed by atoms with Gasteiger partial charge in [-0.1, -0.05) is 13.0 Å². The summed E-state index contributed by atoms with van der Waals surface area (Å²) >= 11 is 0. The summed E-state index contributed by atoms with van der Waals surface area (Å²) in [5.41, 5.74) is 3.31. The van der Waals surface area contributed by atoms with Crippen LogP contribution in [0.4, 0.5) is 11.4 Å². The fourth-order valence-corrected chi connectivity index (χ4v) is 1.93. The normalized spacial score (nSPS) is 14.8. The predicted octanol–water partition coefficient (Wildman–Crippen LogP) is 2.16. The van der Waals surface area contributed by atoms with Crippen LogP contribution < -0.4 is 10.2 Å². The molecule has 0 spiro atoms. The van der Waals surface area contributed by atoms with Crippen LogP contribution in [0.1, 0.15) is 18.9 Å². The second kappa shape index (κ2) is 3.93. The fourth-order valence-electron chi connectivity index (χ4n) is 1.93. The Morgan fingerprint density at radius 3 is 3.00 bits per heavy atom. The number of anilines is 2. The van der Waals surface area contributed by atoms with Gasteiger partial charge in [-0.3, -0.25) is 4.79 Å². The Labute approximate surface area is 90.1 Å². The van der Waals surface area contributed by atoms with Crippen molar-refractivity contribution >= 4 is 17.3 Å². The van der Waals surface area contributed by atoms with Gasteiger partial charge in [0.25, 0.3) is 0 Å². The second-order valence-electron chi connectivity index (χ2n) is 3.99. The molecule has 0 aromatic heterocycles. The van der Waals surface area contributed by atoms with Crippen molar-refractivity contribution in [2.24, 2.45) is 0 Å². The summed E-state index contributed by atoms with van der Waals surface area (Å²) in [6.07, 6.45) is 1.06. The van der Waals surface area contributed by atoms with Gasteiger partial charge in [-0.25, -0.2) is 0 Å². The molecule has 0 bridgehead atoms. The average Bonchev–Trinajstić information content (AvgIpc) is 2.19. The highest BCUT2D eigenvalue weighted by atomic mass is 16.2. The number of amides is 1. The number of fused-ring (bicyclic) bond motifs is 1. The molecular formula is C12H16N2O. The third-order valence-corrected chi connectivity index (χ3v) is 2.60. The number of rotatable bonds is 2. The summed E-state index contributed by atoms with van der Waals surface area (Å²) in [5.74, 6) is 0.0832. The van der Waals surface area contributed by atoms with Crippen LogP contribution in [0.5, 0.6) is 0 Å². The molecule has 0 unspecified atom stereocenters. The van der Waals surface area contributed by atoms with Crippen LogP contribution in [0.3, 0.4) is 0 Å². The zero-order chi connectivity index (χ0) is 10.8. The van der Waals surface area contributed by atoms with Gasteiger partial charge in [0.1, 0.15) is 0 Å². The molecule has 0 saturated carbocycles. The number of carbonyl (C=O) groups excluding carboxylic acids is 1. The topological polar surface area (TPSA) is 32.3 Å². The highest BCUT2D eigenvalue weighted by Gasteiger charge is 2.20. The first-order valence-electron chi connectivity index (χ1n) is 5.36. The number of nitrogens with one attached hydrogen (secondary N) is 1. The minimum absolute atomic E-state index is 0.0832. The summed E-state index contributed by atoms with van der Waals surface area (Å²) < 4.78 is 0. The van der Waals surface area contributed by atoms with Crippen LogP contribution >= 0.6 is 0 Å². The summed E-state index contributed by atoms with van der Waals surface area (Å²) in [7, 11) is 0. The number of hydrogen-bond donors (Lipinski definition) is 1. The van der Waals surface area contributed by atoms with Gasteiger partial charge in [-0.15, -0.1) is 0 Å². The number of benzene rings is 1. The van der Waals surface area contributed by atoms with Crippen molar-refractivity contribution < 1.29 is 4.79 Å². The van der Waals surface area contributed by atoms with E-state index in [1.54, 1.807) is 0 Å². The Hall–Kier alpha value is -1.51. The lowest BCUT2D eigenvalue weighted by Gasteiger charge is -2.30. The van der Waals surface area contributed by atoms with Gasteiger partial charge in [0.15, 0.2) is 0 Å². The van der Waals surface area contributed by atoms with E-state index in [-0.39, 0.29) is 5.91 Å². The van der Waals surface area contributed by atoms with E-state index in [9.17, 15) is 4.79 Å². The van der Waals surface area contributed by atoms with E-state index in [1.165, 1.54) is 5.56 Å². The van der Waals surface area contributed by atoms with E-state index in [2.05, 4.69) is 30.1 Å². The molecule has 1 amide bonds. The molecule has 1 aliphatic heterocycles. The molecule has 1 aliphatic rings. The van der Waals surface area contributed by atoms with Gasteiger partial charge in [-0.2, -0.15) is 0 Å². The Balaban J connectivity index is 2.38. The predicted molar refractivity (Wildman–Crippen MR) is 62.3 cm³/mol. The molecule has 15 heavy (non-hydrogen) atoms. The quantitative estimate of drug-likeness (QED) is 0.800. The Bertz CT molecular complexity index is 387. The largest absolute Gasteiger partial charge is 0.361 e. The summed E-state index contributed by atoms with van der Waals surface area (Å²) in [6.45, 7) is 5.61. The SMILES string of the molecule is CCCN1CC(=O)Nc2ccc(C)cc21. The Morgan fingerprint density at radius 2 is 2.27 bits per heavy atom. The van der Waals surface area contributed by atoms with Gasteiger partial charge >= 0.3 is 0 Å². The standard InChI is InChI=1S/C12H16N2O/c1-3-6-14-8-12(15)13-10-5-4-9(2)7-11(10)14/h4-5,7H,3,6,8H2,1-2H3,(H,13,15). The maximum atomic E-state index is 11.4. The highest BCUT2D eigenvalue weighted by molar-refractivity contribution is 6.01. The van der Waals surface area contributed by atoms with Gasteiger partial charge in [0, 0.05) is 6.54 Å². The number of hydrogen-bond acceptors (Lipinski definition) is 2. The Kier molecular flexibility index (Phi) is 2.62. The van der Waals surface area contributed by atoms with Gasteiger partial charge < -0.3 is 10.2 Å². The van der Waals surface area contributed by atoms with Crippen molar-refractivity contribution in [3.8, 4) is 0 Å². The maximum absolute atomic E-state index is 11.4. The van der Waals surface area contributed by atoms with Crippen LogP contribution in [-0.4, -0.2) is 19.0 Å². The third kappa shape index (κ3) is 1.96. The summed E-state index contributed by atoms with van der Waals surface area (Å²) in [4.78, 5) is 13.6. The Morgan fingerprint density at radius 1 is 1.47 bits per heavy atom. The van der Waals surface area contributed by atoms with Crippen molar-refractivity contribution in [3.05, 3.63) is 23.8 Å². The first-order chi connectivity index (χ1) is 7.20. The minimum atomic E-state index is 0.0832. The number of nitrogens with zero attached hydrogens (tertiary/aromatic N) is 1. The fraction of sp³-hybridized carbons (Fsp3) is 0.417. The molecule has 0 saturated heterocycles. The van der Waals surface area contributed by atoms with Crippen LogP contribution in [0, 0.1) is 6.92 Å². The molecule has 0 radical (unpaired) electrons. The number of carbonyl (C=O) groups is 1. The molecule has 1 aromatic carbocycles. The van der Waals surface area contributed by atoms with Gasteiger partial charge in [0.05, 0.1) is 17.9 Å². The summed E-state index contributed by atoms with van der Waals surface area (Å²) in [5, 5.41) is 2.89. The lowest BCUT2D eigenvalue weighted by atomic mass is 10.1. The summed E-state index contributed by atoms with van der Waals surface area (Å²) in [6, 6.07) is 6.13. The van der Waals surface area contributed by atoms with Crippen molar-refractivity contribution in [1.29, 1.82) is 0 Å². The molecule has 1 aromatic rings. The monoisotopic (exact) mass is 204 g/mol. The second-order valence-corrected chi connectivity index (χ2v) is 3.99. The molecule has 80 valence electrons. The van der Waals surface area contributed by atoms with Crippen LogP contribution in [-0.2, 0) is 4.79 Å². The molecule has 0 atom stereocenters. The number of aryl methyl sites for hydroxylation is 1. The first kappa shape index (κ1) is 10.0. The lowest BCUT2D eigenvalue weighted by Crippen LogP contribution is -2.38. The van der Waals surface area contributed by atoms with Crippen molar-refractivity contribution in [2.75, 3.05) is 23.3 Å². The van der Waals surface area contributed by atoms with E-state index in [0.717, 1.165) is 24.3 Å². The van der Waals surface area contributed by atoms with E-state index in [4.69, 9.17) is 0 Å². The third-order valence-electron chi connectivity index (χ3n) is 2.60. The van der Waals surface area contributed by atoms with Crippen LogP contribution in [0.2, 0.25) is 0 Å². The minimum Gasteiger partial charge on any atom is -0.361 e. The highest BCUT2D eigenvalue weighted by Crippen LogP contribution is 2.30. The first-order valence-corrected chi connectivity index (χ1v) is 5.36. The molecule has 3 nitrogen and oxygen atoms in total. The van der Waals surface area contributed by atoms with Crippen LogP contribution in [0.15, 0.2) is 18.2 Å². The van der Waals surface area contributed by atoms with E-state index in [1.807, 2.05) is 12.1 Å². The van der Waals surface area contributed by atoms with E-state index < -0.39 is 0 Å². The van der Waals surface area contributed by atoms with Gasteiger partial charge in [-0.05, 0) is 31.0 Å². The molecule has 1 heterocycles. The zero-order valence-electron chi connectivity index (χ0n) is 9.21. The van der Waals surface area contributed by atoms with Crippen molar-refractivity contribution in [3.63, 3.8) is 0 Å². The molecule has 0 aliphatic carbocycles. The molecule has 0 fully saturated rings. The molecule has 3 heteroatoms. The average molecular weight is 204 g/mol. The van der Waals surface area contributed by atoms with E-state index in [0.29, 0.717) is 6.54 Å². The maximum Gasteiger partial charge on any atom is 0.243 e. The van der Waals surface area contributed by atoms with Crippen molar-refractivity contribution in [1.82, 2.24) is 0 Å². The smallest absolute Gasteiger partial charge is 0.243 e. The molecule has 1 N–H and O–H groups in total. The van der Waals surface area contributed by atoms with Crippen LogP contribution in [0.25, 0.3) is 0 Å². The zero-order valence-corrected chi connectivity index (χ0v) is 9.21. The van der Waals surface area contributed by atoms with Gasteiger partial charge in [0.2, 0.25) is 5.91 Å².